The molecule has 0 aliphatic carbocycles. The van der Waals surface area contributed by atoms with Gasteiger partial charge >= 0.3 is 17.9 Å². The third-order valence-electron chi connectivity index (χ3n) is 10.6. The molecule has 0 N–H and O–H groups in total. The zero-order valence-corrected chi connectivity index (χ0v) is 37.9. The summed E-state index contributed by atoms with van der Waals surface area (Å²) in [7, 11) is 0. The highest BCUT2D eigenvalue weighted by molar-refractivity contribution is 5.71. The van der Waals surface area contributed by atoms with Gasteiger partial charge in [0.05, 0.1) is 0 Å². The van der Waals surface area contributed by atoms with Gasteiger partial charge in [-0.05, 0) is 57.8 Å². The van der Waals surface area contributed by atoms with Crippen molar-refractivity contribution < 1.29 is 28.6 Å². The van der Waals surface area contributed by atoms with E-state index in [4.69, 9.17) is 14.2 Å². The summed E-state index contributed by atoms with van der Waals surface area (Å²) in [6.07, 6.45) is 52.8. The lowest BCUT2D eigenvalue weighted by Crippen LogP contribution is -2.30. The highest BCUT2D eigenvalue weighted by Crippen LogP contribution is 2.15. The summed E-state index contributed by atoms with van der Waals surface area (Å²) in [4.78, 5) is 37.8. The lowest BCUT2D eigenvalue weighted by atomic mass is 10.0. The van der Waals surface area contributed by atoms with E-state index in [0.717, 1.165) is 57.8 Å². The van der Waals surface area contributed by atoms with E-state index in [1.165, 1.54) is 148 Å². The second-order valence-electron chi connectivity index (χ2n) is 16.4. The van der Waals surface area contributed by atoms with E-state index in [1.807, 2.05) is 6.08 Å². The molecular weight excluding hydrogens is 709 g/mol. The number of hydrogen-bond acceptors (Lipinski definition) is 6. The van der Waals surface area contributed by atoms with Gasteiger partial charge in [0.2, 0.25) is 0 Å². The predicted molar refractivity (Wildman–Crippen MR) is 242 cm³/mol. The van der Waals surface area contributed by atoms with Crippen LogP contribution in [0.2, 0.25) is 0 Å². The first-order valence-electron chi connectivity index (χ1n) is 24.5. The maximum atomic E-state index is 12.7. The van der Waals surface area contributed by atoms with Crippen LogP contribution in [0.15, 0.2) is 36.5 Å². The van der Waals surface area contributed by atoms with Gasteiger partial charge in [-0.25, -0.2) is 0 Å². The van der Waals surface area contributed by atoms with Gasteiger partial charge in [0.1, 0.15) is 13.2 Å². The average molecular weight is 801 g/mol. The smallest absolute Gasteiger partial charge is 0.306 e. The van der Waals surface area contributed by atoms with Crippen LogP contribution in [0.5, 0.6) is 0 Å². The second kappa shape index (κ2) is 46.3. The summed E-state index contributed by atoms with van der Waals surface area (Å²) in [6.45, 7) is 6.54. The molecule has 0 saturated heterocycles. The molecule has 0 saturated carbocycles. The molecule has 1 atom stereocenters. The molecule has 57 heavy (non-hydrogen) atoms. The molecule has 0 aliphatic heterocycles. The Labute approximate surface area is 353 Å². The van der Waals surface area contributed by atoms with Crippen molar-refractivity contribution in [1.29, 1.82) is 0 Å². The van der Waals surface area contributed by atoms with Crippen molar-refractivity contribution in [3.8, 4) is 0 Å². The van der Waals surface area contributed by atoms with Crippen molar-refractivity contribution in [2.45, 2.75) is 258 Å². The minimum absolute atomic E-state index is 0.0945. The molecule has 0 fully saturated rings. The lowest BCUT2D eigenvalue weighted by molar-refractivity contribution is -0.166. The topological polar surface area (TPSA) is 78.9 Å². The highest BCUT2D eigenvalue weighted by atomic mass is 16.6. The molecule has 1 unspecified atom stereocenters. The van der Waals surface area contributed by atoms with Crippen molar-refractivity contribution in [1.82, 2.24) is 0 Å². The van der Waals surface area contributed by atoms with Crippen molar-refractivity contribution in [3.05, 3.63) is 36.5 Å². The van der Waals surface area contributed by atoms with Crippen molar-refractivity contribution in [3.63, 3.8) is 0 Å². The van der Waals surface area contributed by atoms with Crippen LogP contribution in [0.4, 0.5) is 0 Å². The van der Waals surface area contributed by atoms with Gasteiger partial charge in [-0.3, -0.25) is 14.4 Å². The number of esters is 3. The molecule has 0 heterocycles. The summed E-state index contributed by atoms with van der Waals surface area (Å²) < 4.78 is 16.7. The van der Waals surface area contributed by atoms with Crippen LogP contribution in [-0.4, -0.2) is 37.2 Å². The van der Waals surface area contributed by atoms with Gasteiger partial charge in [0, 0.05) is 19.3 Å². The molecule has 0 rings (SSSR count). The lowest BCUT2D eigenvalue weighted by Gasteiger charge is -2.18. The third-order valence-corrected chi connectivity index (χ3v) is 10.6. The Hall–Kier alpha value is -2.37. The fourth-order valence-corrected chi connectivity index (χ4v) is 6.89. The Kier molecular flexibility index (Phi) is 44.4. The monoisotopic (exact) mass is 801 g/mol. The summed E-state index contributed by atoms with van der Waals surface area (Å²) >= 11 is 0. The Morgan fingerprint density at radius 3 is 1.11 bits per heavy atom. The number of hydrogen-bond donors (Lipinski definition) is 0. The SMILES string of the molecule is CCCC/C=C\CCCCCCCC(=O)OCC(COC(=O)CCCCCCCCCCCCCCCCC)OC(=O)CC/C=C\C/C=C\CCCCCCCC. The van der Waals surface area contributed by atoms with Crippen LogP contribution >= 0.6 is 0 Å². The van der Waals surface area contributed by atoms with Gasteiger partial charge in [-0.1, -0.05) is 211 Å². The van der Waals surface area contributed by atoms with Gasteiger partial charge in [0.15, 0.2) is 6.10 Å². The van der Waals surface area contributed by atoms with E-state index in [2.05, 4.69) is 51.2 Å². The number of rotatable bonds is 44. The van der Waals surface area contributed by atoms with E-state index in [9.17, 15) is 14.4 Å². The summed E-state index contributed by atoms with van der Waals surface area (Å²) in [5.41, 5.74) is 0. The molecule has 332 valence electrons. The number of ether oxygens (including phenoxy) is 3. The fraction of sp³-hybridized carbons (Fsp3) is 0.824. The molecule has 0 aromatic carbocycles. The van der Waals surface area contributed by atoms with Crippen LogP contribution in [0.3, 0.4) is 0 Å². The molecule has 6 heteroatoms. The fourth-order valence-electron chi connectivity index (χ4n) is 6.89. The van der Waals surface area contributed by atoms with Crippen LogP contribution in [-0.2, 0) is 28.6 Å². The maximum absolute atomic E-state index is 12.7. The van der Waals surface area contributed by atoms with E-state index >= 15 is 0 Å². The number of carbonyl (C=O) groups is 3. The summed E-state index contributed by atoms with van der Waals surface area (Å²) in [6, 6.07) is 0. The third kappa shape index (κ3) is 44.6. The van der Waals surface area contributed by atoms with E-state index in [1.54, 1.807) is 0 Å². The van der Waals surface area contributed by atoms with E-state index in [0.29, 0.717) is 19.3 Å². The zero-order chi connectivity index (χ0) is 41.5. The van der Waals surface area contributed by atoms with E-state index < -0.39 is 6.10 Å². The Balaban J connectivity index is 4.41. The van der Waals surface area contributed by atoms with Gasteiger partial charge in [-0.15, -0.1) is 0 Å². The first-order chi connectivity index (χ1) is 28.0. The molecule has 0 aliphatic rings. The van der Waals surface area contributed by atoms with Crippen LogP contribution < -0.4 is 0 Å². The predicted octanol–water partition coefficient (Wildman–Crippen LogP) is 15.8. The Morgan fingerprint density at radius 2 is 0.684 bits per heavy atom. The Bertz CT molecular complexity index is 969. The first kappa shape index (κ1) is 54.6. The molecule has 6 nitrogen and oxygen atoms in total. The molecule has 0 aromatic heterocycles. The van der Waals surface area contributed by atoms with Crippen LogP contribution in [0, 0.1) is 0 Å². The molecule has 0 aromatic rings. The van der Waals surface area contributed by atoms with Crippen molar-refractivity contribution >= 4 is 17.9 Å². The quantitative estimate of drug-likeness (QED) is 0.0264. The average Bonchev–Trinajstić information content (AvgIpc) is 3.21. The normalized spacial score (nSPS) is 12.3. The minimum atomic E-state index is -0.800. The zero-order valence-electron chi connectivity index (χ0n) is 37.9. The number of unbranched alkanes of at least 4 members (excludes halogenated alkanes) is 27. The van der Waals surface area contributed by atoms with Gasteiger partial charge in [-0.2, -0.15) is 0 Å². The minimum Gasteiger partial charge on any atom is -0.462 e. The largest absolute Gasteiger partial charge is 0.462 e. The molecule has 0 spiro atoms. The van der Waals surface area contributed by atoms with Gasteiger partial charge < -0.3 is 14.2 Å². The molecule has 0 amide bonds. The van der Waals surface area contributed by atoms with Crippen molar-refractivity contribution in [2.24, 2.45) is 0 Å². The number of carbonyl (C=O) groups excluding carboxylic acids is 3. The molecular formula is C51H92O6. The maximum Gasteiger partial charge on any atom is 0.306 e. The van der Waals surface area contributed by atoms with E-state index in [-0.39, 0.29) is 37.5 Å². The number of allylic oxidation sites excluding steroid dienone is 6. The van der Waals surface area contributed by atoms with Gasteiger partial charge in [0.25, 0.3) is 0 Å². The van der Waals surface area contributed by atoms with Crippen LogP contribution in [0.25, 0.3) is 0 Å². The second-order valence-corrected chi connectivity index (χ2v) is 16.4. The summed E-state index contributed by atoms with van der Waals surface area (Å²) in [5, 5.41) is 0. The highest BCUT2D eigenvalue weighted by Gasteiger charge is 2.19. The standard InChI is InChI=1S/C51H92O6/c1-4-7-10-13-16-19-22-24-25-27-29-32-35-38-41-44-50(53)56-47-48(46-55-49(52)43-40-37-34-31-28-21-18-15-12-9-6-3)57-51(54)45-42-39-36-33-30-26-23-20-17-14-11-8-5-2/h15,18,26,30,36,39,48H,4-14,16-17,19-25,27-29,31-35,37-38,40-47H2,1-3H3/b18-15-,30-26-,39-36-. The summed E-state index contributed by atoms with van der Waals surface area (Å²) in [5.74, 6) is -0.967. The molecule has 0 radical (unpaired) electrons. The molecule has 0 bridgehead atoms. The van der Waals surface area contributed by atoms with Crippen LogP contribution in [0.1, 0.15) is 252 Å². The Morgan fingerprint density at radius 1 is 0.351 bits per heavy atom. The van der Waals surface area contributed by atoms with Crippen molar-refractivity contribution in [2.75, 3.05) is 13.2 Å². The first-order valence-corrected chi connectivity index (χ1v) is 24.5.